The van der Waals surface area contributed by atoms with E-state index in [2.05, 4.69) is 17.1 Å². The average molecular weight is 518 g/mol. The van der Waals surface area contributed by atoms with Gasteiger partial charge in [0.1, 0.15) is 12.6 Å². The van der Waals surface area contributed by atoms with Gasteiger partial charge in [-0.2, -0.15) is 0 Å². The van der Waals surface area contributed by atoms with Crippen molar-refractivity contribution in [1.82, 2.24) is 10.2 Å². The zero-order valence-electron chi connectivity index (χ0n) is 22.2. The molecule has 0 bridgehead atoms. The molecule has 206 valence electrons. The van der Waals surface area contributed by atoms with Crippen molar-refractivity contribution in [3.63, 3.8) is 0 Å². The lowest BCUT2D eigenvalue weighted by molar-refractivity contribution is -0.144. The third-order valence-corrected chi connectivity index (χ3v) is 7.02. The van der Waals surface area contributed by atoms with Crippen molar-refractivity contribution >= 4 is 23.6 Å². The van der Waals surface area contributed by atoms with Crippen LogP contribution in [0, 0.1) is 0 Å². The van der Waals surface area contributed by atoms with Gasteiger partial charge in [-0.15, -0.1) is 0 Å². The molecule has 3 rings (SSSR count). The van der Waals surface area contributed by atoms with Crippen LogP contribution >= 0.6 is 0 Å². The first kappa shape index (κ1) is 29.1. The van der Waals surface area contributed by atoms with Gasteiger partial charge in [-0.25, -0.2) is 4.79 Å². The van der Waals surface area contributed by atoms with Crippen LogP contribution in [0.3, 0.4) is 0 Å². The Morgan fingerprint density at radius 1 is 1.05 bits per heavy atom. The molecule has 37 heavy (non-hydrogen) atoms. The van der Waals surface area contributed by atoms with E-state index in [-0.39, 0.29) is 11.9 Å². The quantitative estimate of drug-likeness (QED) is 0.194. The minimum atomic E-state index is -0.660. The van der Waals surface area contributed by atoms with Crippen LogP contribution in [0.15, 0.2) is 24.3 Å². The Morgan fingerprint density at radius 2 is 1.81 bits per heavy atom. The summed E-state index contributed by atoms with van der Waals surface area (Å²) in [6.45, 7) is 6.19. The molecule has 2 atom stereocenters. The van der Waals surface area contributed by atoms with E-state index in [1.165, 1.54) is 24.2 Å². The molecule has 2 saturated heterocycles. The molecular weight excluding hydrogens is 474 g/mol. The van der Waals surface area contributed by atoms with Gasteiger partial charge >= 0.3 is 12.0 Å². The predicted octanol–water partition coefficient (Wildman–Crippen LogP) is 3.94. The highest BCUT2D eigenvalue weighted by Gasteiger charge is 2.39. The zero-order chi connectivity index (χ0) is 26.5. The van der Waals surface area contributed by atoms with Crippen LogP contribution in [0.4, 0.5) is 10.5 Å². The number of unbranched alkanes of at least 4 members (excludes halogenated alkanes) is 2. The van der Waals surface area contributed by atoms with Gasteiger partial charge in [0.15, 0.2) is 0 Å². The molecule has 0 radical (unpaired) electrons. The Balaban J connectivity index is 1.35. The Morgan fingerprint density at radius 3 is 2.54 bits per heavy atom. The molecule has 0 spiro atoms. The first-order valence-corrected chi connectivity index (χ1v) is 13.9. The van der Waals surface area contributed by atoms with E-state index in [4.69, 9.17) is 9.47 Å². The largest absolute Gasteiger partial charge is 0.464 e. The van der Waals surface area contributed by atoms with E-state index >= 15 is 0 Å². The van der Waals surface area contributed by atoms with Gasteiger partial charge in [-0.05, 0) is 56.5 Å². The smallest absolute Gasteiger partial charge is 0.329 e. The lowest BCUT2D eigenvalue weighted by atomic mass is 10.0. The van der Waals surface area contributed by atoms with Gasteiger partial charge in [0.05, 0.1) is 6.10 Å². The third kappa shape index (κ3) is 9.39. The number of ether oxygens (including phenoxy) is 2. The molecule has 2 N–H and O–H groups in total. The number of aliphatic hydroxyl groups is 1. The maximum atomic E-state index is 12.4. The Bertz CT molecular complexity index is 856. The SMILES string of the molecule is CCCCCC(O)c1ccc(N2C(=O)NC(=O)[C@@H]2CCOCCCC(=O)OCCN2CCCCC2)cc1. The van der Waals surface area contributed by atoms with Crippen LogP contribution in [-0.2, 0) is 19.1 Å². The molecule has 2 aliphatic rings. The molecule has 2 aliphatic heterocycles. The van der Waals surface area contributed by atoms with Crippen LogP contribution < -0.4 is 10.2 Å². The van der Waals surface area contributed by atoms with E-state index in [0.717, 1.165) is 44.5 Å². The number of rotatable bonds is 16. The zero-order valence-corrected chi connectivity index (χ0v) is 22.2. The fourth-order valence-electron chi connectivity index (χ4n) is 4.84. The number of nitrogens with one attached hydrogen (secondary N) is 1. The van der Waals surface area contributed by atoms with Crippen molar-refractivity contribution in [2.24, 2.45) is 0 Å². The van der Waals surface area contributed by atoms with E-state index < -0.39 is 18.2 Å². The highest BCUT2D eigenvalue weighted by Crippen LogP contribution is 2.27. The number of benzene rings is 1. The summed E-state index contributed by atoms with van der Waals surface area (Å²) in [5, 5.41) is 12.7. The summed E-state index contributed by atoms with van der Waals surface area (Å²) < 4.78 is 11.0. The van der Waals surface area contributed by atoms with Gasteiger partial charge < -0.3 is 14.6 Å². The minimum Gasteiger partial charge on any atom is -0.464 e. The number of hydrogen-bond acceptors (Lipinski definition) is 7. The third-order valence-electron chi connectivity index (χ3n) is 7.02. The van der Waals surface area contributed by atoms with E-state index in [9.17, 15) is 19.5 Å². The molecule has 0 saturated carbocycles. The summed E-state index contributed by atoms with van der Waals surface area (Å²) in [6, 6.07) is 6.02. The molecular formula is C28H43N3O6. The number of urea groups is 1. The summed E-state index contributed by atoms with van der Waals surface area (Å²) in [5.41, 5.74) is 1.40. The number of likely N-dealkylation sites (tertiary alicyclic amines) is 1. The second-order valence-electron chi connectivity index (χ2n) is 9.91. The molecule has 0 aromatic heterocycles. The fraction of sp³-hybridized carbons (Fsp3) is 0.679. The number of amides is 3. The molecule has 1 aromatic carbocycles. The van der Waals surface area contributed by atoms with Crippen molar-refractivity contribution in [2.45, 2.75) is 83.3 Å². The van der Waals surface area contributed by atoms with Crippen molar-refractivity contribution in [3.8, 4) is 0 Å². The summed E-state index contributed by atoms with van der Waals surface area (Å²) in [5.74, 6) is -0.568. The molecule has 0 aliphatic carbocycles. The number of anilines is 1. The normalized spacial score (nSPS) is 19.2. The van der Waals surface area contributed by atoms with E-state index in [1.54, 1.807) is 24.3 Å². The lowest BCUT2D eigenvalue weighted by Crippen LogP contribution is -2.36. The number of carbonyl (C=O) groups is 3. The molecule has 1 unspecified atom stereocenters. The molecule has 1 aromatic rings. The maximum absolute atomic E-state index is 12.4. The highest BCUT2D eigenvalue weighted by atomic mass is 16.5. The van der Waals surface area contributed by atoms with Gasteiger partial charge in [-0.3, -0.25) is 24.7 Å². The standard InChI is InChI=1S/C28H43N3O6/c1-2-3-5-9-25(32)22-11-13-23(14-12-22)31-24(27(34)29-28(31)35)15-20-36-19-8-10-26(33)37-21-18-30-16-6-4-7-17-30/h11-14,24-25,32H,2-10,15-21H2,1H3,(H,29,34,35)/t24-,25?/m0/s1. The first-order chi connectivity index (χ1) is 18.0. The van der Waals surface area contributed by atoms with Crippen LogP contribution in [-0.4, -0.2) is 73.4 Å². The van der Waals surface area contributed by atoms with E-state index in [0.29, 0.717) is 51.2 Å². The second kappa shape index (κ2) is 15.7. The van der Waals surface area contributed by atoms with Crippen molar-refractivity contribution in [3.05, 3.63) is 29.8 Å². The fourth-order valence-corrected chi connectivity index (χ4v) is 4.84. The summed E-state index contributed by atoms with van der Waals surface area (Å²) in [7, 11) is 0. The number of carbonyl (C=O) groups excluding carboxylic acids is 3. The second-order valence-corrected chi connectivity index (χ2v) is 9.91. The number of aliphatic hydroxyl groups excluding tert-OH is 1. The van der Waals surface area contributed by atoms with Crippen molar-refractivity contribution < 1.29 is 29.0 Å². The summed E-state index contributed by atoms with van der Waals surface area (Å²) >= 11 is 0. The number of esters is 1. The van der Waals surface area contributed by atoms with Gasteiger partial charge in [-0.1, -0.05) is 44.7 Å². The molecule has 9 heteroatoms. The van der Waals surface area contributed by atoms with Crippen molar-refractivity contribution in [1.29, 1.82) is 0 Å². The molecule has 2 heterocycles. The monoisotopic (exact) mass is 517 g/mol. The molecule has 3 amide bonds. The lowest BCUT2D eigenvalue weighted by Gasteiger charge is -2.25. The van der Waals surface area contributed by atoms with Crippen molar-refractivity contribution in [2.75, 3.05) is 44.4 Å². The highest BCUT2D eigenvalue weighted by molar-refractivity contribution is 6.14. The maximum Gasteiger partial charge on any atom is 0.329 e. The van der Waals surface area contributed by atoms with Crippen LogP contribution in [0.25, 0.3) is 0 Å². The number of hydrogen-bond donors (Lipinski definition) is 2. The van der Waals surface area contributed by atoms with Gasteiger partial charge in [0.25, 0.3) is 5.91 Å². The van der Waals surface area contributed by atoms with E-state index in [1.807, 2.05) is 0 Å². The molecule has 9 nitrogen and oxygen atoms in total. The predicted molar refractivity (Wildman–Crippen MR) is 141 cm³/mol. The Labute approximate surface area is 220 Å². The van der Waals surface area contributed by atoms with Gasteiger partial charge in [0.2, 0.25) is 0 Å². The topological polar surface area (TPSA) is 108 Å². The number of piperidine rings is 1. The van der Waals surface area contributed by atoms with Crippen LogP contribution in [0.5, 0.6) is 0 Å². The summed E-state index contributed by atoms with van der Waals surface area (Å²) in [6.07, 6.45) is 8.22. The molecule has 2 fully saturated rings. The van der Waals surface area contributed by atoms with Gasteiger partial charge in [0, 0.05) is 38.3 Å². The number of nitrogens with zero attached hydrogens (tertiary/aromatic N) is 2. The Hall–Kier alpha value is -2.49. The van der Waals surface area contributed by atoms with Crippen LogP contribution in [0.1, 0.15) is 82.8 Å². The van der Waals surface area contributed by atoms with Crippen LogP contribution in [0.2, 0.25) is 0 Å². The average Bonchev–Trinajstić information content (AvgIpc) is 3.19. The Kier molecular flexibility index (Phi) is 12.3. The first-order valence-electron chi connectivity index (χ1n) is 13.9. The number of imide groups is 1. The summed E-state index contributed by atoms with van der Waals surface area (Å²) in [4.78, 5) is 40.5. The minimum absolute atomic E-state index is 0.216.